The largest absolute Gasteiger partial charge is 0.352 e. The topological polar surface area (TPSA) is 62.3 Å². The molecule has 0 atom stereocenters. The van der Waals surface area contributed by atoms with E-state index in [2.05, 4.69) is 10.3 Å². The molecule has 1 rings (SSSR count). The van der Waals surface area contributed by atoms with Crippen molar-refractivity contribution in [2.45, 2.75) is 26.8 Å². The second-order valence-electron chi connectivity index (χ2n) is 3.88. The maximum absolute atomic E-state index is 11.7. The fraction of sp³-hybridized carbons (Fsp3) is 0.462. The van der Waals surface area contributed by atoms with Crippen LogP contribution in [0.5, 0.6) is 0 Å². The molecule has 0 aliphatic heterocycles. The smallest absolute Gasteiger partial charge is 0.231 e. The van der Waals surface area contributed by atoms with Crippen LogP contribution in [-0.2, 0) is 16.1 Å². The SMILES string of the molecule is CCN(CC)C(=O)CC(=O)NCc1cccnc1. The molecule has 0 aliphatic rings. The fourth-order valence-electron chi connectivity index (χ4n) is 1.59. The highest BCUT2D eigenvalue weighted by atomic mass is 16.2. The quantitative estimate of drug-likeness (QED) is 0.764. The summed E-state index contributed by atoms with van der Waals surface area (Å²) in [6.07, 6.45) is 3.27. The molecule has 0 spiro atoms. The van der Waals surface area contributed by atoms with Crippen molar-refractivity contribution in [3.8, 4) is 0 Å². The van der Waals surface area contributed by atoms with E-state index < -0.39 is 0 Å². The maximum atomic E-state index is 11.7. The Labute approximate surface area is 107 Å². The zero-order valence-electron chi connectivity index (χ0n) is 10.8. The van der Waals surface area contributed by atoms with Gasteiger partial charge in [0.05, 0.1) is 0 Å². The van der Waals surface area contributed by atoms with Crippen LogP contribution in [0.2, 0.25) is 0 Å². The van der Waals surface area contributed by atoms with Gasteiger partial charge < -0.3 is 10.2 Å². The third-order valence-corrected chi connectivity index (χ3v) is 2.64. The number of hydrogen-bond acceptors (Lipinski definition) is 3. The lowest BCUT2D eigenvalue weighted by Crippen LogP contribution is -2.35. The van der Waals surface area contributed by atoms with Crippen LogP contribution < -0.4 is 5.32 Å². The van der Waals surface area contributed by atoms with Gasteiger partial charge in [0.15, 0.2) is 0 Å². The van der Waals surface area contributed by atoms with Gasteiger partial charge in [-0.3, -0.25) is 14.6 Å². The number of nitrogens with one attached hydrogen (secondary N) is 1. The fourth-order valence-corrected chi connectivity index (χ4v) is 1.59. The van der Waals surface area contributed by atoms with E-state index >= 15 is 0 Å². The lowest BCUT2D eigenvalue weighted by Gasteiger charge is -2.18. The normalized spacial score (nSPS) is 9.89. The van der Waals surface area contributed by atoms with E-state index in [0.29, 0.717) is 19.6 Å². The Morgan fingerprint density at radius 1 is 1.33 bits per heavy atom. The minimum atomic E-state index is -0.254. The molecule has 5 nitrogen and oxygen atoms in total. The van der Waals surface area contributed by atoms with E-state index in [9.17, 15) is 9.59 Å². The molecule has 0 fully saturated rings. The van der Waals surface area contributed by atoms with Crippen molar-refractivity contribution in [3.05, 3.63) is 30.1 Å². The standard InChI is InChI=1S/C13H19N3O2/c1-3-16(4-2)13(18)8-12(17)15-10-11-6-5-7-14-9-11/h5-7,9H,3-4,8,10H2,1-2H3,(H,15,17). The number of carbonyl (C=O) groups excluding carboxylic acids is 2. The summed E-state index contributed by atoms with van der Waals surface area (Å²) in [6.45, 7) is 5.46. The number of nitrogens with zero attached hydrogens (tertiary/aromatic N) is 2. The van der Waals surface area contributed by atoms with Crippen LogP contribution in [0.4, 0.5) is 0 Å². The van der Waals surface area contributed by atoms with Crippen molar-refractivity contribution in [2.24, 2.45) is 0 Å². The number of carbonyl (C=O) groups is 2. The van der Waals surface area contributed by atoms with Crippen molar-refractivity contribution in [3.63, 3.8) is 0 Å². The summed E-state index contributed by atoms with van der Waals surface area (Å²) in [6, 6.07) is 3.68. The van der Waals surface area contributed by atoms with E-state index in [1.54, 1.807) is 17.3 Å². The van der Waals surface area contributed by atoms with Gasteiger partial charge in [0, 0.05) is 32.0 Å². The minimum Gasteiger partial charge on any atom is -0.352 e. The first-order chi connectivity index (χ1) is 8.67. The molecule has 98 valence electrons. The average Bonchev–Trinajstić information content (AvgIpc) is 2.39. The number of aromatic nitrogens is 1. The van der Waals surface area contributed by atoms with E-state index in [-0.39, 0.29) is 18.2 Å². The third kappa shape index (κ3) is 4.53. The summed E-state index contributed by atoms with van der Waals surface area (Å²) in [5, 5.41) is 2.71. The maximum Gasteiger partial charge on any atom is 0.231 e. The van der Waals surface area contributed by atoms with E-state index in [1.807, 2.05) is 26.0 Å². The van der Waals surface area contributed by atoms with Crippen LogP contribution in [0.25, 0.3) is 0 Å². The Hall–Kier alpha value is -1.91. The highest BCUT2D eigenvalue weighted by molar-refractivity contribution is 5.96. The van der Waals surface area contributed by atoms with E-state index in [4.69, 9.17) is 0 Å². The Bertz CT molecular complexity index is 388. The van der Waals surface area contributed by atoms with Crippen LogP contribution in [0.3, 0.4) is 0 Å². The molecule has 0 radical (unpaired) electrons. The molecule has 0 bridgehead atoms. The molecule has 18 heavy (non-hydrogen) atoms. The van der Waals surface area contributed by atoms with Gasteiger partial charge in [-0.25, -0.2) is 0 Å². The zero-order valence-corrected chi connectivity index (χ0v) is 10.8. The van der Waals surface area contributed by atoms with Gasteiger partial charge in [0.25, 0.3) is 0 Å². The Kier molecular flexibility index (Phi) is 5.84. The molecule has 0 unspecified atom stereocenters. The van der Waals surface area contributed by atoms with Crippen LogP contribution in [-0.4, -0.2) is 34.8 Å². The van der Waals surface area contributed by atoms with Crippen molar-refractivity contribution in [2.75, 3.05) is 13.1 Å². The predicted octanol–water partition coefficient (Wildman–Crippen LogP) is 0.956. The predicted molar refractivity (Wildman–Crippen MR) is 68.6 cm³/mol. The average molecular weight is 249 g/mol. The first-order valence-corrected chi connectivity index (χ1v) is 6.10. The molecule has 0 aromatic carbocycles. The van der Waals surface area contributed by atoms with Crippen LogP contribution in [0.1, 0.15) is 25.8 Å². The third-order valence-electron chi connectivity index (χ3n) is 2.64. The molecule has 1 heterocycles. The Morgan fingerprint density at radius 3 is 2.61 bits per heavy atom. The van der Waals surface area contributed by atoms with Gasteiger partial charge in [-0.15, -0.1) is 0 Å². The number of rotatable bonds is 6. The minimum absolute atomic E-state index is 0.0953. The monoisotopic (exact) mass is 249 g/mol. The first-order valence-electron chi connectivity index (χ1n) is 6.10. The molecule has 1 aromatic heterocycles. The first kappa shape index (κ1) is 14.2. The highest BCUT2D eigenvalue weighted by Crippen LogP contribution is 1.97. The molecule has 0 aliphatic carbocycles. The van der Waals surface area contributed by atoms with Crippen molar-refractivity contribution in [1.29, 1.82) is 0 Å². The number of hydrogen-bond donors (Lipinski definition) is 1. The Balaban J connectivity index is 2.36. The van der Waals surface area contributed by atoms with Crippen LogP contribution >= 0.6 is 0 Å². The summed E-state index contributed by atoms with van der Waals surface area (Å²) in [7, 11) is 0. The second-order valence-corrected chi connectivity index (χ2v) is 3.88. The summed E-state index contributed by atoms with van der Waals surface area (Å²) >= 11 is 0. The van der Waals surface area contributed by atoms with Crippen LogP contribution in [0.15, 0.2) is 24.5 Å². The second kappa shape index (κ2) is 7.42. The van der Waals surface area contributed by atoms with Gasteiger partial charge >= 0.3 is 0 Å². The summed E-state index contributed by atoms with van der Waals surface area (Å²) < 4.78 is 0. The molecule has 0 saturated heterocycles. The van der Waals surface area contributed by atoms with Gasteiger partial charge in [-0.1, -0.05) is 6.07 Å². The lowest BCUT2D eigenvalue weighted by atomic mass is 10.2. The van der Waals surface area contributed by atoms with Crippen molar-refractivity contribution >= 4 is 11.8 Å². The molecule has 1 N–H and O–H groups in total. The number of amides is 2. The van der Waals surface area contributed by atoms with E-state index in [1.165, 1.54) is 0 Å². The highest BCUT2D eigenvalue weighted by Gasteiger charge is 2.13. The molecule has 0 saturated carbocycles. The molecule has 2 amide bonds. The van der Waals surface area contributed by atoms with Gasteiger partial charge in [0.1, 0.15) is 6.42 Å². The van der Waals surface area contributed by atoms with Gasteiger partial charge in [-0.05, 0) is 25.5 Å². The summed E-state index contributed by atoms with van der Waals surface area (Å²) in [5.74, 6) is -0.389. The molecule has 5 heteroatoms. The van der Waals surface area contributed by atoms with E-state index in [0.717, 1.165) is 5.56 Å². The van der Waals surface area contributed by atoms with Crippen molar-refractivity contribution in [1.82, 2.24) is 15.2 Å². The summed E-state index contributed by atoms with van der Waals surface area (Å²) in [5.41, 5.74) is 0.918. The zero-order chi connectivity index (χ0) is 13.4. The molecular weight excluding hydrogens is 230 g/mol. The molecular formula is C13H19N3O2. The van der Waals surface area contributed by atoms with Crippen molar-refractivity contribution < 1.29 is 9.59 Å². The summed E-state index contributed by atoms with van der Waals surface area (Å²) in [4.78, 5) is 28.9. The number of pyridine rings is 1. The van der Waals surface area contributed by atoms with Gasteiger partial charge in [-0.2, -0.15) is 0 Å². The molecule has 1 aromatic rings. The van der Waals surface area contributed by atoms with Crippen LogP contribution in [0, 0.1) is 0 Å². The Morgan fingerprint density at radius 2 is 2.06 bits per heavy atom. The van der Waals surface area contributed by atoms with Gasteiger partial charge in [0.2, 0.25) is 11.8 Å². The lowest BCUT2D eigenvalue weighted by molar-refractivity contribution is -0.135.